The summed E-state index contributed by atoms with van der Waals surface area (Å²) in [7, 11) is 0. The van der Waals surface area contributed by atoms with Crippen molar-refractivity contribution in [2.45, 2.75) is 37.6 Å². The van der Waals surface area contributed by atoms with E-state index in [1.807, 2.05) is 0 Å². The summed E-state index contributed by atoms with van der Waals surface area (Å²) in [6.45, 7) is 0.564. The molecule has 0 aromatic carbocycles. The predicted molar refractivity (Wildman–Crippen MR) is 62.5 cm³/mol. The van der Waals surface area contributed by atoms with Crippen LogP contribution in [0.4, 0.5) is 0 Å². The number of likely N-dealkylation sites (tertiary alicyclic amines) is 1. The smallest absolute Gasteiger partial charge is 0.329 e. The lowest BCUT2D eigenvalue weighted by Crippen LogP contribution is -2.53. The van der Waals surface area contributed by atoms with E-state index >= 15 is 0 Å². The van der Waals surface area contributed by atoms with Gasteiger partial charge in [0, 0.05) is 13.0 Å². The fraction of sp³-hybridized carbons (Fsp3) is 0.818. The molecule has 16 heavy (non-hydrogen) atoms. The van der Waals surface area contributed by atoms with E-state index in [1.165, 1.54) is 0 Å². The molecule has 1 amide bonds. The number of carboxylic acid groups (broad SMARTS) is 1. The Bertz CT molecular complexity index is 312. The normalized spacial score (nSPS) is 28.7. The van der Waals surface area contributed by atoms with E-state index < -0.39 is 11.5 Å². The first-order valence-corrected chi connectivity index (χ1v) is 6.38. The van der Waals surface area contributed by atoms with Gasteiger partial charge in [-0.05, 0) is 24.5 Å². The molecular formula is C11H17NO3S. The molecule has 2 fully saturated rings. The Hall–Kier alpha value is -0.710. The molecule has 1 heterocycles. The minimum absolute atomic E-state index is 0.0108. The maximum Gasteiger partial charge on any atom is 0.329 e. The van der Waals surface area contributed by atoms with Crippen molar-refractivity contribution < 1.29 is 14.7 Å². The summed E-state index contributed by atoms with van der Waals surface area (Å²) in [5.74, 6) is 0.0203. The fourth-order valence-corrected chi connectivity index (χ4v) is 3.12. The Morgan fingerprint density at radius 3 is 2.56 bits per heavy atom. The van der Waals surface area contributed by atoms with E-state index in [1.54, 1.807) is 4.90 Å². The quantitative estimate of drug-likeness (QED) is 0.731. The van der Waals surface area contributed by atoms with Crippen LogP contribution in [0.5, 0.6) is 0 Å². The van der Waals surface area contributed by atoms with Crippen molar-refractivity contribution in [3.63, 3.8) is 0 Å². The first kappa shape index (κ1) is 11.8. The molecule has 1 aliphatic heterocycles. The zero-order valence-corrected chi connectivity index (χ0v) is 10.1. The molecule has 1 atom stereocenters. The lowest BCUT2D eigenvalue weighted by atomic mass is 9.95. The SMILES string of the molecule is O=C1CC(CS)CN1C1(C(=O)O)CCCC1. The van der Waals surface area contributed by atoms with Gasteiger partial charge >= 0.3 is 5.97 Å². The molecular weight excluding hydrogens is 226 g/mol. The Labute approximate surface area is 100 Å². The monoisotopic (exact) mass is 243 g/mol. The number of carboxylic acids is 1. The van der Waals surface area contributed by atoms with Gasteiger partial charge < -0.3 is 10.0 Å². The summed E-state index contributed by atoms with van der Waals surface area (Å²) in [6, 6.07) is 0. The van der Waals surface area contributed by atoms with E-state index in [9.17, 15) is 14.7 Å². The highest BCUT2D eigenvalue weighted by Crippen LogP contribution is 2.39. The Kier molecular flexibility index (Phi) is 3.15. The van der Waals surface area contributed by atoms with Gasteiger partial charge in [-0.2, -0.15) is 12.6 Å². The maximum absolute atomic E-state index is 11.9. The number of thiol groups is 1. The number of nitrogens with zero attached hydrogens (tertiary/aromatic N) is 1. The molecule has 2 rings (SSSR count). The molecule has 0 spiro atoms. The number of hydrogen-bond acceptors (Lipinski definition) is 3. The second-order valence-corrected chi connectivity index (χ2v) is 5.17. The highest BCUT2D eigenvalue weighted by Gasteiger charge is 2.51. The first-order valence-electron chi connectivity index (χ1n) is 5.75. The van der Waals surface area contributed by atoms with Gasteiger partial charge in [0.15, 0.2) is 0 Å². The van der Waals surface area contributed by atoms with Crippen LogP contribution in [0.15, 0.2) is 0 Å². The molecule has 0 bridgehead atoms. The molecule has 1 saturated heterocycles. The van der Waals surface area contributed by atoms with Crippen LogP contribution >= 0.6 is 12.6 Å². The molecule has 1 aliphatic carbocycles. The molecule has 1 saturated carbocycles. The van der Waals surface area contributed by atoms with Crippen LogP contribution in [-0.4, -0.2) is 39.7 Å². The number of hydrogen-bond donors (Lipinski definition) is 2. The molecule has 4 nitrogen and oxygen atoms in total. The largest absolute Gasteiger partial charge is 0.479 e. The van der Waals surface area contributed by atoms with Gasteiger partial charge in [-0.25, -0.2) is 4.79 Å². The van der Waals surface area contributed by atoms with Gasteiger partial charge in [-0.15, -0.1) is 0 Å². The van der Waals surface area contributed by atoms with Crippen molar-refractivity contribution >= 4 is 24.5 Å². The van der Waals surface area contributed by atoms with E-state index in [-0.39, 0.29) is 11.8 Å². The molecule has 0 radical (unpaired) electrons. The van der Waals surface area contributed by atoms with Crippen molar-refractivity contribution in [2.75, 3.05) is 12.3 Å². The predicted octanol–water partition coefficient (Wildman–Crippen LogP) is 1.16. The molecule has 2 aliphatic rings. The molecule has 0 aromatic rings. The third kappa shape index (κ3) is 1.71. The van der Waals surface area contributed by atoms with Gasteiger partial charge in [0.25, 0.3) is 0 Å². The summed E-state index contributed by atoms with van der Waals surface area (Å²) in [4.78, 5) is 24.9. The summed E-state index contributed by atoms with van der Waals surface area (Å²) < 4.78 is 0. The number of carbonyl (C=O) groups is 2. The van der Waals surface area contributed by atoms with E-state index in [0.29, 0.717) is 31.6 Å². The van der Waals surface area contributed by atoms with Crippen LogP contribution < -0.4 is 0 Å². The van der Waals surface area contributed by atoms with Crippen LogP contribution in [0.2, 0.25) is 0 Å². The van der Waals surface area contributed by atoms with Gasteiger partial charge in [0.2, 0.25) is 5.91 Å². The Balaban J connectivity index is 2.21. The summed E-state index contributed by atoms with van der Waals surface area (Å²) in [6.07, 6.45) is 3.47. The van der Waals surface area contributed by atoms with Crippen molar-refractivity contribution in [3.05, 3.63) is 0 Å². The average molecular weight is 243 g/mol. The molecule has 90 valence electrons. The highest BCUT2D eigenvalue weighted by molar-refractivity contribution is 7.80. The summed E-state index contributed by atoms with van der Waals surface area (Å²) in [5.41, 5.74) is -0.908. The fourth-order valence-electron chi connectivity index (χ4n) is 2.88. The van der Waals surface area contributed by atoms with Crippen LogP contribution in [0.25, 0.3) is 0 Å². The Morgan fingerprint density at radius 2 is 2.12 bits per heavy atom. The standard InChI is InChI=1S/C11H17NO3S/c13-9-5-8(7-16)6-12(9)11(10(14)15)3-1-2-4-11/h8,16H,1-7H2,(H,14,15). The minimum Gasteiger partial charge on any atom is -0.479 e. The van der Waals surface area contributed by atoms with Crippen molar-refractivity contribution in [1.82, 2.24) is 4.90 Å². The van der Waals surface area contributed by atoms with Crippen molar-refractivity contribution in [2.24, 2.45) is 5.92 Å². The average Bonchev–Trinajstić information content (AvgIpc) is 2.84. The van der Waals surface area contributed by atoms with E-state index in [4.69, 9.17) is 0 Å². The topological polar surface area (TPSA) is 57.6 Å². The Morgan fingerprint density at radius 1 is 1.50 bits per heavy atom. The van der Waals surface area contributed by atoms with Gasteiger partial charge in [0.1, 0.15) is 5.54 Å². The van der Waals surface area contributed by atoms with Crippen molar-refractivity contribution in [1.29, 1.82) is 0 Å². The van der Waals surface area contributed by atoms with Crippen molar-refractivity contribution in [3.8, 4) is 0 Å². The van der Waals surface area contributed by atoms with Gasteiger partial charge in [-0.3, -0.25) is 4.79 Å². The zero-order chi connectivity index (χ0) is 11.8. The summed E-state index contributed by atoms with van der Waals surface area (Å²) in [5, 5.41) is 9.39. The lowest BCUT2D eigenvalue weighted by molar-refractivity contribution is -0.156. The second-order valence-electron chi connectivity index (χ2n) is 4.80. The van der Waals surface area contributed by atoms with Gasteiger partial charge in [-0.1, -0.05) is 12.8 Å². The molecule has 0 aromatic heterocycles. The molecule has 1 N–H and O–H groups in total. The van der Waals surface area contributed by atoms with Crippen LogP contribution in [0.1, 0.15) is 32.1 Å². The van der Waals surface area contributed by atoms with Gasteiger partial charge in [0.05, 0.1) is 0 Å². The lowest BCUT2D eigenvalue weighted by Gasteiger charge is -2.35. The minimum atomic E-state index is -0.908. The van der Waals surface area contributed by atoms with E-state index in [0.717, 1.165) is 12.8 Å². The number of aliphatic carboxylic acids is 1. The maximum atomic E-state index is 11.9. The number of amides is 1. The van der Waals surface area contributed by atoms with Crippen LogP contribution in [0, 0.1) is 5.92 Å². The highest BCUT2D eigenvalue weighted by atomic mass is 32.1. The summed E-state index contributed by atoms with van der Waals surface area (Å²) >= 11 is 4.19. The second kappa shape index (κ2) is 4.28. The first-order chi connectivity index (χ1) is 7.60. The number of rotatable bonds is 3. The number of carbonyl (C=O) groups excluding carboxylic acids is 1. The van der Waals surface area contributed by atoms with Crippen LogP contribution in [-0.2, 0) is 9.59 Å². The third-order valence-electron chi connectivity index (χ3n) is 3.81. The zero-order valence-electron chi connectivity index (χ0n) is 9.19. The molecule has 5 heteroatoms. The van der Waals surface area contributed by atoms with E-state index in [2.05, 4.69) is 12.6 Å². The molecule has 1 unspecified atom stereocenters. The third-order valence-corrected chi connectivity index (χ3v) is 4.33. The van der Waals surface area contributed by atoms with Crippen LogP contribution in [0.3, 0.4) is 0 Å².